The Labute approximate surface area is 242 Å². The van der Waals surface area contributed by atoms with E-state index in [4.69, 9.17) is 24.2 Å². The van der Waals surface area contributed by atoms with Crippen molar-refractivity contribution < 1.29 is 23.1 Å². The first-order valence-electron chi connectivity index (χ1n) is 12.6. The van der Waals surface area contributed by atoms with Crippen LogP contribution >= 0.6 is 11.6 Å². The zero-order valence-corrected chi connectivity index (χ0v) is 23.6. The summed E-state index contributed by atoms with van der Waals surface area (Å²) >= 11 is 6.43. The molecule has 2 amide bonds. The molecular formula is C28H28BClF2N6O3. The highest BCUT2D eigenvalue weighted by atomic mass is 35.5. The maximum Gasteiger partial charge on any atom is 0.272 e. The molecule has 0 aliphatic rings. The number of pyridine rings is 1. The second kappa shape index (κ2) is 12.1. The highest BCUT2D eigenvalue weighted by molar-refractivity contribution is 6.33. The number of fused-ring (bicyclic) bond motifs is 1. The number of carbonyl (C=O) groups is 2. The van der Waals surface area contributed by atoms with Gasteiger partial charge in [0.15, 0.2) is 12.3 Å². The highest BCUT2D eigenvalue weighted by Crippen LogP contribution is 2.30. The van der Waals surface area contributed by atoms with Gasteiger partial charge >= 0.3 is 0 Å². The molecule has 4 aromatic rings. The van der Waals surface area contributed by atoms with Crippen LogP contribution in [-0.4, -0.2) is 47.2 Å². The molecule has 2 heterocycles. The normalized spacial score (nSPS) is 11.5. The van der Waals surface area contributed by atoms with E-state index in [0.717, 1.165) is 5.56 Å². The molecule has 9 nitrogen and oxygen atoms in total. The minimum absolute atomic E-state index is 0.0748. The van der Waals surface area contributed by atoms with E-state index in [-0.39, 0.29) is 23.0 Å². The number of carbonyl (C=O) groups excluding carboxylic acids is 2. The van der Waals surface area contributed by atoms with Crippen LogP contribution in [-0.2, 0) is 18.4 Å². The van der Waals surface area contributed by atoms with Crippen molar-refractivity contribution in [2.24, 2.45) is 12.5 Å². The number of alkyl halides is 2. The molecule has 0 atom stereocenters. The molecule has 212 valence electrons. The van der Waals surface area contributed by atoms with Gasteiger partial charge in [0.05, 0.1) is 10.7 Å². The molecule has 0 aliphatic heterocycles. The van der Waals surface area contributed by atoms with Crippen molar-refractivity contribution in [3.63, 3.8) is 0 Å². The number of amides is 2. The predicted octanol–water partition coefficient (Wildman–Crippen LogP) is 4.72. The molecule has 41 heavy (non-hydrogen) atoms. The number of benzene rings is 2. The molecule has 2 aromatic carbocycles. The summed E-state index contributed by atoms with van der Waals surface area (Å²) in [5.74, 6) is -0.665. The van der Waals surface area contributed by atoms with Crippen LogP contribution in [0.1, 0.15) is 36.7 Å². The average Bonchev–Trinajstić information content (AvgIpc) is 3.21. The minimum Gasteiger partial charge on any atom is -0.471 e. The van der Waals surface area contributed by atoms with Crippen LogP contribution in [0.3, 0.4) is 0 Å². The first-order chi connectivity index (χ1) is 19.3. The minimum atomic E-state index is -2.77. The van der Waals surface area contributed by atoms with Crippen molar-refractivity contribution in [3.8, 4) is 5.88 Å². The second-order valence-electron chi connectivity index (χ2n) is 10.3. The number of nitrogens with zero attached hydrogens (tertiary/aromatic N) is 3. The molecule has 4 rings (SSSR count). The van der Waals surface area contributed by atoms with Gasteiger partial charge in [0.2, 0.25) is 17.7 Å². The molecule has 0 spiro atoms. The summed E-state index contributed by atoms with van der Waals surface area (Å²) < 4.78 is 32.7. The van der Waals surface area contributed by atoms with Crippen LogP contribution in [0.5, 0.6) is 5.88 Å². The summed E-state index contributed by atoms with van der Waals surface area (Å²) in [6.07, 6.45) is -2.77. The molecule has 2 radical (unpaired) electrons. The highest BCUT2D eigenvalue weighted by Gasteiger charge is 2.22. The third-order valence-electron chi connectivity index (χ3n) is 5.98. The number of halogens is 3. The van der Waals surface area contributed by atoms with Gasteiger partial charge in [-0.15, -0.1) is 0 Å². The zero-order valence-electron chi connectivity index (χ0n) is 22.9. The Bertz CT molecular complexity index is 1590. The lowest BCUT2D eigenvalue weighted by Gasteiger charge is -2.18. The van der Waals surface area contributed by atoms with Crippen molar-refractivity contribution >= 4 is 65.2 Å². The Morgan fingerprint density at radius 1 is 1.10 bits per heavy atom. The zero-order chi connectivity index (χ0) is 29.9. The van der Waals surface area contributed by atoms with E-state index in [1.807, 2.05) is 20.8 Å². The Balaban J connectivity index is 1.64. The number of nitrogens with one attached hydrogen (secondary N) is 3. The number of ether oxygens (including phenoxy) is 1. The van der Waals surface area contributed by atoms with Crippen molar-refractivity contribution in [2.45, 2.75) is 33.7 Å². The van der Waals surface area contributed by atoms with E-state index in [1.54, 1.807) is 54.1 Å². The molecule has 0 fully saturated rings. The van der Waals surface area contributed by atoms with Crippen molar-refractivity contribution in [3.05, 3.63) is 64.7 Å². The molecule has 13 heteroatoms. The lowest BCUT2D eigenvalue weighted by atomic mass is 9.95. The lowest BCUT2D eigenvalue weighted by molar-refractivity contribution is -0.128. The molecule has 0 saturated heterocycles. The molecular weight excluding hydrogens is 553 g/mol. The molecule has 0 aliphatic carbocycles. The molecule has 3 N–H and O–H groups in total. The number of anilines is 3. The van der Waals surface area contributed by atoms with Gasteiger partial charge in [-0.25, -0.2) is 13.8 Å². The summed E-state index contributed by atoms with van der Waals surface area (Å²) in [5, 5.41) is 9.12. The fourth-order valence-electron chi connectivity index (χ4n) is 3.73. The van der Waals surface area contributed by atoms with Crippen LogP contribution in [0.4, 0.5) is 26.1 Å². The molecule has 2 aromatic heterocycles. The number of aromatic nitrogens is 3. The average molecular weight is 581 g/mol. The quantitative estimate of drug-likeness (QED) is 0.247. The summed E-state index contributed by atoms with van der Waals surface area (Å²) in [6.45, 7) is 4.83. The predicted molar refractivity (Wildman–Crippen MR) is 156 cm³/mol. The lowest BCUT2D eigenvalue weighted by Crippen LogP contribution is -2.34. The van der Waals surface area contributed by atoms with Gasteiger partial charge in [-0.3, -0.25) is 14.2 Å². The van der Waals surface area contributed by atoms with E-state index in [9.17, 15) is 18.4 Å². The van der Waals surface area contributed by atoms with Gasteiger partial charge < -0.3 is 20.7 Å². The third kappa shape index (κ3) is 7.32. The van der Waals surface area contributed by atoms with Gasteiger partial charge in [0, 0.05) is 24.7 Å². The van der Waals surface area contributed by atoms with E-state index < -0.39 is 24.4 Å². The Morgan fingerprint density at radius 3 is 2.46 bits per heavy atom. The Kier molecular flexibility index (Phi) is 8.82. The smallest absolute Gasteiger partial charge is 0.272 e. The Morgan fingerprint density at radius 2 is 1.80 bits per heavy atom. The molecule has 0 unspecified atom stereocenters. The maximum absolute atomic E-state index is 13.1. The van der Waals surface area contributed by atoms with Crippen molar-refractivity contribution in [1.29, 1.82) is 0 Å². The Hall–Kier alpha value is -4.19. The van der Waals surface area contributed by atoms with E-state index in [1.165, 1.54) is 6.07 Å². The summed E-state index contributed by atoms with van der Waals surface area (Å²) in [4.78, 5) is 34.3. The standard InChI is InChI=1S/C28H28BClF2N6O3/c1-28(2,3)26(40)33-13-15-5-10-19(30)20(11-15)35-27-36-21-12-18(24(39)34-17-8-6-16(29)7-9-17)25(41-14-22(31)32)37-23(21)38(27)4/h5-12,22H,13-14H2,1-4H3,(H,33,40)(H,34,39)(H,35,36). The SMILES string of the molecule is [B]c1ccc(NC(=O)c2cc3nc(Nc4cc(CNC(=O)C(C)(C)C)ccc4Cl)n(C)c3nc2OCC(F)F)cc1. The summed E-state index contributed by atoms with van der Waals surface area (Å²) in [5.41, 5.74) is 2.27. The van der Waals surface area contributed by atoms with Crippen molar-refractivity contribution in [1.82, 2.24) is 19.9 Å². The topological polar surface area (TPSA) is 110 Å². The van der Waals surface area contributed by atoms with E-state index in [0.29, 0.717) is 39.9 Å². The number of aryl methyl sites for hydroxylation is 1. The van der Waals surface area contributed by atoms with E-state index in [2.05, 4.69) is 25.9 Å². The monoisotopic (exact) mass is 580 g/mol. The van der Waals surface area contributed by atoms with Gasteiger partial charge in [-0.2, -0.15) is 4.98 Å². The summed E-state index contributed by atoms with van der Waals surface area (Å²) in [7, 11) is 7.36. The number of rotatable bonds is 9. The van der Waals surface area contributed by atoms with Crippen molar-refractivity contribution in [2.75, 3.05) is 17.2 Å². The van der Waals surface area contributed by atoms with Crippen LogP contribution < -0.4 is 26.2 Å². The fourth-order valence-corrected chi connectivity index (χ4v) is 3.90. The van der Waals surface area contributed by atoms with Crippen LogP contribution in [0.2, 0.25) is 5.02 Å². The van der Waals surface area contributed by atoms with Crippen LogP contribution in [0, 0.1) is 5.41 Å². The fraction of sp³-hybridized carbons (Fsp3) is 0.286. The largest absolute Gasteiger partial charge is 0.471 e. The maximum atomic E-state index is 13.1. The van der Waals surface area contributed by atoms with Gasteiger partial charge in [-0.1, -0.05) is 56.0 Å². The third-order valence-corrected chi connectivity index (χ3v) is 6.31. The molecule has 0 saturated carbocycles. The summed E-state index contributed by atoms with van der Waals surface area (Å²) in [6, 6.07) is 13.1. The van der Waals surface area contributed by atoms with Crippen LogP contribution in [0.15, 0.2) is 48.5 Å². The van der Waals surface area contributed by atoms with Gasteiger partial charge in [-0.05, 0) is 35.9 Å². The number of imidazole rings is 1. The number of hydrogen-bond acceptors (Lipinski definition) is 6. The van der Waals surface area contributed by atoms with Crippen LogP contribution in [0.25, 0.3) is 11.2 Å². The molecule has 0 bridgehead atoms. The first-order valence-corrected chi connectivity index (χ1v) is 13.0. The first kappa shape index (κ1) is 29.8. The second-order valence-corrected chi connectivity index (χ2v) is 10.7. The number of hydrogen-bond donors (Lipinski definition) is 3. The van der Waals surface area contributed by atoms with Gasteiger partial charge in [0.25, 0.3) is 12.3 Å². The van der Waals surface area contributed by atoms with Gasteiger partial charge in [0.1, 0.15) is 18.9 Å². The van der Waals surface area contributed by atoms with E-state index >= 15 is 0 Å².